The molecule has 8 heteroatoms. The number of allylic oxidation sites excluding steroid dienone is 1. The van der Waals surface area contributed by atoms with Crippen LogP contribution in [0, 0.1) is 0 Å². The maximum Gasteiger partial charge on any atom is 0.274 e. The number of fused-ring (bicyclic) bond motifs is 3. The van der Waals surface area contributed by atoms with Gasteiger partial charge in [-0.05, 0) is 54.5 Å². The van der Waals surface area contributed by atoms with Gasteiger partial charge in [-0.1, -0.05) is 58.8 Å². The Morgan fingerprint density at radius 1 is 1.11 bits per heavy atom. The van der Waals surface area contributed by atoms with Crippen molar-refractivity contribution in [1.29, 1.82) is 0 Å². The number of hydrogen-bond donors (Lipinski definition) is 0. The second kappa shape index (κ2) is 9.74. The zero-order valence-electron chi connectivity index (χ0n) is 18.8. The highest BCUT2D eigenvalue weighted by atomic mass is 35.5. The molecule has 0 saturated heterocycles. The zero-order chi connectivity index (χ0) is 24.5. The summed E-state index contributed by atoms with van der Waals surface area (Å²) in [7, 11) is 1.59. The summed E-state index contributed by atoms with van der Waals surface area (Å²) in [6.07, 6.45) is 4.21. The number of rotatable bonds is 7. The lowest BCUT2D eigenvalue weighted by Gasteiger charge is -2.16. The molecule has 0 fully saturated rings. The van der Waals surface area contributed by atoms with Gasteiger partial charge in [0, 0.05) is 21.2 Å². The van der Waals surface area contributed by atoms with Crippen LogP contribution in [0.1, 0.15) is 16.7 Å². The molecule has 0 aliphatic carbocycles. The van der Waals surface area contributed by atoms with Crippen molar-refractivity contribution in [2.24, 2.45) is 0 Å². The summed E-state index contributed by atoms with van der Waals surface area (Å²) < 4.78 is 14.0. The minimum absolute atomic E-state index is 0.0966. The molecule has 0 spiro atoms. The molecule has 3 aromatic carbocycles. The standard InChI is InChI=1S/C27H20Cl2N2O3S/c1-3-6-17-11-16(12-23(33-2)25(17)34-15-18-9-10-19(28)14-20(18)29)13-24-26(32)31-22-8-5-4-7-21(22)30-27(31)35-24/h3-5,7-14H,1,6,15H2,2H3. The van der Waals surface area contributed by atoms with Gasteiger partial charge in [-0.3, -0.25) is 4.79 Å². The molecule has 2 aromatic heterocycles. The van der Waals surface area contributed by atoms with Crippen molar-refractivity contribution in [3.8, 4) is 11.5 Å². The molecule has 176 valence electrons. The van der Waals surface area contributed by atoms with Crippen molar-refractivity contribution in [1.82, 2.24) is 9.38 Å². The molecule has 0 bridgehead atoms. The number of imidazole rings is 1. The van der Waals surface area contributed by atoms with E-state index in [-0.39, 0.29) is 12.2 Å². The SMILES string of the molecule is C=CCc1cc(C=c2sc3nc4ccccc4n3c2=O)cc(OC)c1OCc1ccc(Cl)cc1Cl. The number of nitrogens with zero attached hydrogens (tertiary/aromatic N) is 2. The van der Waals surface area contributed by atoms with Crippen LogP contribution in [0.25, 0.3) is 22.1 Å². The van der Waals surface area contributed by atoms with Crippen molar-refractivity contribution in [3.05, 3.63) is 109 Å². The van der Waals surface area contributed by atoms with Crippen LogP contribution in [0.2, 0.25) is 10.0 Å². The summed E-state index contributed by atoms with van der Waals surface area (Å²) in [5.74, 6) is 1.16. The van der Waals surface area contributed by atoms with E-state index < -0.39 is 0 Å². The van der Waals surface area contributed by atoms with E-state index in [1.807, 2.05) is 48.5 Å². The lowest BCUT2D eigenvalue weighted by molar-refractivity contribution is 0.282. The number of ether oxygens (including phenoxy) is 2. The molecule has 0 unspecified atom stereocenters. The van der Waals surface area contributed by atoms with Gasteiger partial charge in [0.15, 0.2) is 16.5 Å². The Bertz CT molecular complexity index is 1690. The molecule has 35 heavy (non-hydrogen) atoms. The number of benzene rings is 3. The van der Waals surface area contributed by atoms with Crippen LogP contribution < -0.4 is 19.6 Å². The van der Waals surface area contributed by atoms with E-state index in [1.54, 1.807) is 29.7 Å². The lowest BCUT2D eigenvalue weighted by Crippen LogP contribution is -2.22. The molecule has 0 N–H and O–H groups in total. The molecule has 5 aromatic rings. The molecule has 0 atom stereocenters. The highest BCUT2D eigenvalue weighted by Crippen LogP contribution is 2.35. The van der Waals surface area contributed by atoms with Crippen LogP contribution >= 0.6 is 34.5 Å². The van der Waals surface area contributed by atoms with Crippen molar-refractivity contribution in [2.45, 2.75) is 13.0 Å². The third kappa shape index (κ3) is 4.52. The Hall–Kier alpha value is -3.32. The first-order chi connectivity index (χ1) is 17.0. The Morgan fingerprint density at radius 3 is 2.71 bits per heavy atom. The van der Waals surface area contributed by atoms with Crippen molar-refractivity contribution in [2.75, 3.05) is 7.11 Å². The average molecular weight is 523 g/mol. The third-order valence-electron chi connectivity index (χ3n) is 5.57. The number of aromatic nitrogens is 2. The van der Waals surface area contributed by atoms with Gasteiger partial charge < -0.3 is 9.47 Å². The summed E-state index contributed by atoms with van der Waals surface area (Å²) in [5.41, 5.74) is 4.03. The number of halogens is 2. The number of thiazole rings is 1. The van der Waals surface area contributed by atoms with E-state index in [1.165, 1.54) is 11.3 Å². The second-order valence-corrected chi connectivity index (χ2v) is 9.72. The van der Waals surface area contributed by atoms with Crippen LogP contribution in [-0.2, 0) is 13.0 Å². The van der Waals surface area contributed by atoms with Gasteiger partial charge in [-0.15, -0.1) is 6.58 Å². The molecule has 0 radical (unpaired) electrons. The average Bonchev–Trinajstić information content (AvgIpc) is 3.35. The van der Waals surface area contributed by atoms with Crippen molar-refractivity contribution in [3.63, 3.8) is 0 Å². The number of para-hydroxylation sites is 2. The quantitative estimate of drug-likeness (QED) is 0.243. The topological polar surface area (TPSA) is 52.8 Å². The van der Waals surface area contributed by atoms with Gasteiger partial charge >= 0.3 is 0 Å². The monoisotopic (exact) mass is 522 g/mol. The van der Waals surface area contributed by atoms with Gasteiger partial charge in [-0.2, -0.15) is 0 Å². The molecule has 0 saturated carbocycles. The van der Waals surface area contributed by atoms with E-state index in [2.05, 4.69) is 11.6 Å². The van der Waals surface area contributed by atoms with Gasteiger partial charge in [0.1, 0.15) is 6.61 Å². The zero-order valence-corrected chi connectivity index (χ0v) is 21.1. The highest BCUT2D eigenvalue weighted by Gasteiger charge is 2.15. The van der Waals surface area contributed by atoms with Crippen LogP contribution in [0.5, 0.6) is 11.5 Å². The van der Waals surface area contributed by atoms with E-state index in [9.17, 15) is 4.79 Å². The van der Waals surface area contributed by atoms with Crippen molar-refractivity contribution < 1.29 is 9.47 Å². The Labute approximate surface area is 215 Å². The fraction of sp³-hybridized carbons (Fsp3) is 0.111. The molecule has 0 aliphatic rings. The van der Waals surface area contributed by atoms with Gasteiger partial charge in [-0.25, -0.2) is 9.38 Å². The van der Waals surface area contributed by atoms with E-state index in [4.69, 9.17) is 32.7 Å². The second-order valence-electron chi connectivity index (χ2n) is 7.86. The van der Waals surface area contributed by atoms with Crippen LogP contribution in [-0.4, -0.2) is 16.5 Å². The fourth-order valence-corrected chi connectivity index (χ4v) is 5.39. The number of hydrogen-bond acceptors (Lipinski definition) is 5. The van der Waals surface area contributed by atoms with Crippen molar-refractivity contribution >= 4 is 56.6 Å². The normalized spacial score (nSPS) is 11.9. The Kier molecular flexibility index (Phi) is 6.52. The Balaban J connectivity index is 1.56. The summed E-state index contributed by atoms with van der Waals surface area (Å²) in [4.78, 5) is 18.4. The minimum atomic E-state index is -0.0966. The van der Waals surface area contributed by atoms with Crippen LogP contribution in [0.4, 0.5) is 0 Å². The van der Waals surface area contributed by atoms with Crippen LogP contribution in [0.15, 0.2) is 72.0 Å². The maximum atomic E-state index is 13.2. The first-order valence-corrected chi connectivity index (χ1v) is 12.4. The van der Waals surface area contributed by atoms with E-state index in [0.717, 1.165) is 27.7 Å². The predicted octanol–water partition coefficient (Wildman–Crippen LogP) is 6.08. The number of methoxy groups -OCH3 is 1. The molecule has 5 nitrogen and oxygen atoms in total. The molecular weight excluding hydrogens is 503 g/mol. The van der Waals surface area contributed by atoms with Crippen LogP contribution in [0.3, 0.4) is 0 Å². The molecule has 5 rings (SSSR count). The first kappa shape index (κ1) is 23.4. The fourth-order valence-electron chi connectivity index (χ4n) is 3.94. The largest absolute Gasteiger partial charge is 0.493 e. The summed E-state index contributed by atoms with van der Waals surface area (Å²) in [6, 6.07) is 16.7. The molecule has 0 amide bonds. The lowest BCUT2D eigenvalue weighted by atomic mass is 10.1. The molecular formula is C27H20Cl2N2O3S. The molecule has 0 aliphatic heterocycles. The van der Waals surface area contributed by atoms with Gasteiger partial charge in [0.2, 0.25) is 0 Å². The van der Waals surface area contributed by atoms with Gasteiger partial charge in [0.05, 0.1) is 22.7 Å². The van der Waals surface area contributed by atoms with Gasteiger partial charge in [0.25, 0.3) is 5.56 Å². The van der Waals surface area contributed by atoms with E-state index in [0.29, 0.717) is 37.5 Å². The summed E-state index contributed by atoms with van der Waals surface area (Å²) in [5, 5.41) is 1.10. The minimum Gasteiger partial charge on any atom is -0.493 e. The predicted molar refractivity (Wildman–Crippen MR) is 143 cm³/mol. The third-order valence-corrected chi connectivity index (χ3v) is 7.12. The van der Waals surface area contributed by atoms with E-state index >= 15 is 0 Å². The Morgan fingerprint density at radius 2 is 1.94 bits per heavy atom. The smallest absolute Gasteiger partial charge is 0.274 e. The summed E-state index contributed by atoms with van der Waals surface area (Å²) >= 11 is 13.7. The molecule has 2 heterocycles. The first-order valence-electron chi connectivity index (χ1n) is 10.8. The summed E-state index contributed by atoms with van der Waals surface area (Å²) in [6.45, 7) is 4.12. The maximum absolute atomic E-state index is 13.2. The highest BCUT2D eigenvalue weighted by molar-refractivity contribution is 7.15.